The molecule has 0 aliphatic heterocycles. The highest BCUT2D eigenvalue weighted by Gasteiger charge is 2.35. The third kappa shape index (κ3) is 7.32. The Balaban J connectivity index is 1.98. The molecule has 0 aromatic carbocycles. The molecule has 1 aromatic heterocycles. The first-order valence-corrected chi connectivity index (χ1v) is 11.5. The van der Waals surface area contributed by atoms with Gasteiger partial charge in [0.05, 0.1) is 12.7 Å². The molecular weight excluding hydrogens is 366 g/mol. The lowest BCUT2D eigenvalue weighted by Gasteiger charge is -2.40. The number of carbonyl (C=O) groups excluding carboxylic acids is 1. The van der Waals surface area contributed by atoms with Gasteiger partial charge in [0.1, 0.15) is 0 Å². The number of nitrogens with one attached hydrogen (secondary N) is 2. The quantitative estimate of drug-likeness (QED) is 0.582. The summed E-state index contributed by atoms with van der Waals surface area (Å²) in [6, 6.07) is 1.62. The van der Waals surface area contributed by atoms with Crippen LogP contribution in [0.3, 0.4) is 0 Å². The average molecular weight is 408 g/mol. The van der Waals surface area contributed by atoms with Gasteiger partial charge in [0, 0.05) is 5.54 Å². The fourth-order valence-electron chi connectivity index (χ4n) is 4.61. The van der Waals surface area contributed by atoms with Gasteiger partial charge in [-0.2, -0.15) is 0 Å². The first-order chi connectivity index (χ1) is 13.9. The second kappa shape index (κ2) is 11.6. The molecule has 166 valence electrons. The minimum absolute atomic E-state index is 0.176. The van der Waals surface area contributed by atoms with Gasteiger partial charge in [0.25, 0.3) is 11.8 Å². The number of nitrogens with zero attached hydrogens (tertiary/aromatic N) is 1. The fourth-order valence-corrected chi connectivity index (χ4v) is 4.61. The van der Waals surface area contributed by atoms with Crippen LogP contribution in [0.2, 0.25) is 0 Å². The van der Waals surface area contributed by atoms with Crippen molar-refractivity contribution >= 4 is 5.91 Å². The predicted molar refractivity (Wildman–Crippen MR) is 116 cm³/mol. The maximum absolute atomic E-state index is 12.9. The smallest absolute Gasteiger partial charge is 0.290 e. The number of carbonyl (C=O) groups is 1. The maximum atomic E-state index is 12.9. The van der Waals surface area contributed by atoms with Crippen molar-refractivity contribution in [3.8, 4) is 5.88 Å². The van der Waals surface area contributed by atoms with E-state index in [0.29, 0.717) is 30.2 Å². The second-order valence-corrected chi connectivity index (χ2v) is 9.14. The van der Waals surface area contributed by atoms with E-state index in [-0.39, 0.29) is 17.2 Å². The largest absolute Gasteiger partial charge is 0.475 e. The molecule has 1 aliphatic carbocycles. The molecule has 1 saturated carbocycles. The van der Waals surface area contributed by atoms with E-state index in [9.17, 15) is 4.79 Å². The Labute approximate surface area is 176 Å². The normalized spacial score (nSPS) is 26.4. The Kier molecular flexibility index (Phi) is 9.47. The van der Waals surface area contributed by atoms with Crippen molar-refractivity contribution in [2.24, 2.45) is 17.8 Å². The monoisotopic (exact) mass is 407 g/mol. The Morgan fingerprint density at radius 2 is 2.00 bits per heavy atom. The standard InChI is InChI=1S/C23H41N3O3/c1-6-19(11-12-24-5)16-28-21-13-20(29-26-21)22(27)25-23(7-2)14-17(3)9-8-10-18(4)15-23/h13,17-19,24H,6-12,14-16H2,1-5H3,(H,25,27). The summed E-state index contributed by atoms with van der Waals surface area (Å²) >= 11 is 0. The molecule has 0 radical (unpaired) electrons. The van der Waals surface area contributed by atoms with E-state index >= 15 is 0 Å². The number of hydrogen-bond donors (Lipinski definition) is 2. The Hall–Kier alpha value is -1.56. The predicted octanol–water partition coefficient (Wildman–Crippen LogP) is 4.80. The highest BCUT2D eigenvalue weighted by atomic mass is 16.5. The maximum Gasteiger partial charge on any atom is 0.290 e. The second-order valence-electron chi connectivity index (χ2n) is 9.14. The molecule has 0 saturated heterocycles. The SMILES string of the molecule is CCC(CCNC)COc1cc(C(=O)NC2(CC)CC(C)CCCC(C)C2)on1. The average Bonchev–Trinajstić information content (AvgIpc) is 3.16. The van der Waals surface area contributed by atoms with Gasteiger partial charge in [-0.3, -0.25) is 4.79 Å². The molecule has 0 spiro atoms. The summed E-state index contributed by atoms with van der Waals surface area (Å²) in [4.78, 5) is 12.9. The van der Waals surface area contributed by atoms with E-state index in [1.165, 1.54) is 19.3 Å². The third-order valence-corrected chi connectivity index (χ3v) is 6.49. The van der Waals surface area contributed by atoms with Crippen LogP contribution in [0.1, 0.15) is 89.6 Å². The zero-order chi connectivity index (χ0) is 21.3. The third-order valence-electron chi connectivity index (χ3n) is 6.49. The van der Waals surface area contributed by atoms with Crippen LogP contribution in [0.25, 0.3) is 0 Å². The van der Waals surface area contributed by atoms with Gasteiger partial charge >= 0.3 is 0 Å². The van der Waals surface area contributed by atoms with Gasteiger partial charge in [-0.1, -0.05) is 53.4 Å². The van der Waals surface area contributed by atoms with Gasteiger partial charge in [-0.05, 0) is 62.2 Å². The highest BCUT2D eigenvalue weighted by Crippen LogP contribution is 2.35. The first kappa shape index (κ1) is 23.7. The minimum atomic E-state index is -0.184. The van der Waals surface area contributed by atoms with Gasteiger partial charge in [0.2, 0.25) is 5.76 Å². The fraction of sp³-hybridized carbons (Fsp3) is 0.826. The van der Waals surface area contributed by atoms with Crippen molar-refractivity contribution < 1.29 is 14.1 Å². The van der Waals surface area contributed by atoms with E-state index in [1.807, 2.05) is 7.05 Å². The Morgan fingerprint density at radius 3 is 2.59 bits per heavy atom. The first-order valence-electron chi connectivity index (χ1n) is 11.5. The molecule has 29 heavy (non-hydrogen) atoms. The van der Waals surface area contributed by atoms with Crippen LogP contribution in [0.15, 0.2) is 10.6 Å². The zero-order valence-corrected chi connectivity index (χ0v) is 19.1. The van der Waals surface area contributed by atoms with Crippen molar-refractivity contribution in [2.45, 2.75) is 84.6 Å². The number of amides is 1. The van der Waals surface area contributed by atoms with Crippen LogP contribution in [0.4, 0.5) is 0 Å². The van der Waals surface area contributed by atoms with E-state index in [2.05, 4.69) is 43.5 Å². The number of ether oxygens (including phenoxy) is 1. The molecule has 1 heterocycles. The van der Waals surface area contributed by atoms with Crippen molar-refractivity contribution in [3.05, 3.63) is 11.8 Å². The van der Waals surface area contributed by atoms with Gasteiger partial charge < -0.3 is 19.9 Å². The van der Waals surface area contributed by atoms with Crippen molar-refractivity contribution in [1.29, 1.82) is 0 Å². The van der Waals surface area contributed by atoms with Crippen molar-refractivity contribution in [2.75, 3.05) is 20.2 Å². The van der Waals surface area contributed by atoms with Gasteiger partial charge in [-0.15, -0.1) is 0 Å². The lowest BCUT2D eigenvalue weighted by Crippen LogP contribution is -2.50. The molecular formula is C23H41N3O3. The van der Waals surface area contributed by atoms with E-state index in [0.717, 1.165) is 38.6 Å². The summed E-state index contributed by atoms with van der Waals surface area (Å²) in [5, 5.41) is 10.4. The molecule has 1 amide bonds. The molecule has 6 heteroatoms. The number of aromatic nitrogens is 1. The van der Waals surface area contributed by atoms with E-state index in [1.54, 1.807) is 6.07 Å². The summed E-state index contributed by atoms with van der Waals surface area (Å²) in [6.45, 7) is 10.5. The lowest BCUT2D eigenvalue weighted by atomic mass is 9.74. The molecule has 2 rings (SSSR count). The zero-order valence-electron chi connectivity index (χ0n) is 19.1. The van der Waals surface area contributed by atoms with Crippen LogP contribution in [0, 0.1) is 17.8 Å². The molecule has 3 unspecified atom stereocenters. The summed E-state index contributed by atoms with van der Waals surface area (Å²) in [5.74, 6) is 2.12. The molecule has 1 aromatic rings. The van der Waals surface area contributed by atoms with Crippen LogP contribution >= 0.6 is 0 Å². The summed E-state index contributed by atoms with van der Waals surface area (Å²) in [7, 11) is 1.96. The summed E-state index contributed by atoms with van der Waals surface area (Å²) in [6.07, 6.45) is 8.79. The van der Waals surface area contributed by atoms with Crippen molar-refractivity contribution in [1.82, 2.24) is 15.8 Å². The minimum Gasteiger partial charge on any atom is -0.475 e. The lowest BCUT2D eigenvalue weighted by molar-refractivity contribution is 0.0801. The van der Waals surface area contributed by atoms with Crippen LogP contribution in [-0.2, 0) is 0 Å². The van der Waals surface area contributed by atoms with Crippen LogP contribution in [-0.4, -0.2) is 36.8 Å². The summed E-state index contributed by atoms with van der Waals surface area (Å²) in [5.41, 5.74) is -0.176. The van der Waals surface area contributed by atoms with E-state index in [4.69, 9.17) is 9.26 Å². The Morgan fingerprint density at radius 1 is 1.31 bits per heavy atom. The highest BCUT2D eigenvalue weighted by molar-refractivity contribution is 5.92. The Bertz CT molecular complexity index is 604. The van der Waals surface area contributed by atoms with Crippen molar-refractivity contribution in [3.63, 3.8) is 0 Å². The number of hydrogen-bond acceptors (Lipinski definition) is 5. The molecule has 3 atom stereocenters. The van der Waals surface area contributed by atoms with Crippen LogP contribution < -0.4 is 15.4 Å². The topological polar surface area (TPSA) is 76.4 Å². The van der Waals surface area contributed by atoms with Gasteiger partial charge in [0.15, 0.2) is 0 Å². The molecule has 2 N–H and O–H groups in total. The molecule has 1 aliphatic rings. The molecule has 6 nitrogen and oxygen atoms in total. The van der Waals surface area contributed by atoms with Gasteiger partial charge in [-0.25, -0.2) is 0 Å². The number of rotatable bonds is 10. The summed E-state index contributed by atoms with van der Waals surface area (Å²) < 4.78 is 11.1. The van der Waals surface area contributed by atoms with E-state index < -0.39 is 0 Å². The van der Waals surface area contributed by atoms with Crippen LogP contribution in [0.5, 0.6) is 5.88 Å². The molecule has 0 bridgehead atoms. The molecule has 1 fully saturated rings.